The number of nitrogens with two attached hydrogens (primary N) is 1. The Labute approximate surface area is 120 Å². The molecule has 5 heteroatoms. The SMILES string of the molecule is CCN1CCN(C(=O)c2ccc(N)cc2CCO)CC1. The first-order valence-electron chi connectivity index (χ1n) is 7.16. The third-order valence-corrected chi connectivity index (χ3v) is 3.85. The monoisotopic (exact) mass is 277 g/mol. The van der Waals surface area contributed by atoms with Gasteiger partial charge in [-0.15, -0.1) is 0 Å². The molecule has 0 atom stereocenters. The summed E-state index contributed by atoms with van der Waals surface area (Å²) in [6.45, 7) is 6.55. The van der Waals surface area contributed by atoms with Crippen LogP contribution in [0.25, 0.3) is 0 Å². The molecule has 3 N–H and O–H groups in total. The minimum atomic E-state index is 0.0212. The number of aliphatic hydroxyl groups excluding tert-OH is 1. The molecule has 0 radical (unpaired) electrons. The van der Waals surface area contributed by atoms with Crippen molar-refractivity contribution in [1.82, 2.24) is 9.80 Å². The Morgan fingerprint density at radius 2 is 2.00 bits per heavy atom. The highest BCUT2D eigenvalue weighted by Crippen LogP contribution is 2.17. The fraction of sp³-hybridized carbons (Fsp3) is 0.533. The van der Waals surface area contributed by atoms with Gasteiger partial charge in [-0.1, -0.05) is 6.92 Å². The Morgan fingerprint density at radius 3 is 2.60 bits per heavy atom. The van der Waals surface area contributed by atoms with E-state index in [1.54, 1.807) is 18.2 Å². The number of anilines is 1. The zero-order valence-corrected chi connectivity index (χ0v) is 12.0. The second-order valence-corrected chi connectivity index (χ2v) is 5.12. The van der Waals surface area contributed by atoms with Gasteiger partial charge in [0.1, 0.15) is 0 Å². The number of piperazine rings is 1. The lowest BCUT2D eigenvalue weighted by Crippen LogP contribution is -2.48. The van der Waals surface area contributed by atoms with E-state index in [1.165, 1.54) is 0 Å². The summed E-state index contributed by atoms with van der Waals surface area (Å²) in [6, 6.07) is 5.30. The van der Waals surface area contributed by atoms with Crippen molar-refractivity contribution >= 4 is 11.6 Å². The quantitative estimate of drug-likeness (QED) is 0.790. The summed E-state index contributed by atoms with van der Waals surface area (Å²) in [4.78, 5) is 16.8. The number of carbonyl (C=O) groups excluding carboxylic acids is 1. The van der Waals surface area contributed by atoms with Gasteiger partial charge in [0.05, 0.1) is 0 Å². The summed E-state index contributed by atoms with van der Waals surface area (Å²) in [7, 11) is 0. The summed E-state index contributed by atoms with van der Waals surface area (Å²) >= 11 is 0. The standard InChI is InChI=1S/C15H23N3O2/c1-2-17-6-8-18(9-7-17)15(20)14-4-3-13(16)11-12(14)5-10-19/h3-4,11,19H,2,5-10,16H2,1H3. The number of carbonyl (C=O) groups is 1. The lowest BCUT2D eigenvalue weighted by molar-refractivity contribution is 0.0642. The van der Waals surface area contributed by atoms with Gasteiger partial charge >= 0.3 is 0 Å². The van der Waals surface area contributed by atoms with E-state index >= 15 is 0 Å². The maximum atomic E-state index is 12.6. The molecule has 1 aliphatic heterocycles. The van der Waals surface area contributed by atoms with Crippen LogP contribution < -0.4 is 5.73 Å². The van der Waals surface area contributed by atoms with Crippen LogP contribution in [0.2, 0.25) is 0 Å². The number of hydrogen-bond acceptors (Lipinski definition) is 4. The van der Waals surface area contributed by atoms with Gasteiger partial charge in [-0.05, 0) is 36.7 Å². The van der Waals surface area contributed by atoms with Gasteiger partial charge < -0.3 is 20.6 Å². The van der Waals surface area contributed by atoms with Crippen molar-refractivity contribution in [2.45, 2.75) is 13.3 Å². The molecule has 5 nitrogen and oxygen atoms in total. The fourth-order valence-electron chi connectivity index (χ4n) is 2.59. The van der Waals surface area contributed by atoms with Crippen molar-refractivity contribution in [2.75, 3.05) is 45.1 Å². The molecular formula is C15H23N3O2. The van der Waals surface area contributed by atoms with Crippen LogP contribution >= 0.6 is 0 Å². The molecule has 1 aromatic carbocycles. The smallest absolute Gasteiger partial charge is 0.254 e. The second kappa shape index (κ2) is 6.72. The van der Waals surface area contributed by atoms with E-state index in [0.717, 1.165) is 38.3 Å². The lowest BCUT2D eigenvalue weighted by atomic mass is 10.0. The first-order chi connectivity index (χ1) is 9.65. The van der Waals surface area contributed by atoms with E-state index in [4.69, 9.17) is 10.8 Å². The van der Waals surface area contributed by atoms with Gasteiger partial charge in [-0.25, -0.2) is 0 Å². The number of benzene rings is 1. The number of hydrogen-bond donors (Lipinski definition) is 2. The van der Waals surface area contributed by atoms with Crippen molar-refractivity contribution in [3.8, 4) is 0 Å². The number of nitrogens with zero attached hydrogens (tertiary/aromatic N) is 2. The zero-order valence-electron chi connectivity index (χ0n) is 12.0. The van der Waals surface area contributed by atoms with E-state index in [9.17, 15) is 4.79 Å². The molecule has 20 heavy (non-hydrogen) atoms. The van der Waals surface area contributed by atoms with Crippen LogP contribution in [0.15, 0.2) is 18.2 Å². The predicted octanol–water partition coefficient (Wildman–Crippen LogP) is 0.581. The van der Waals surface area contributed by atoms with E-state index in [-0.39, 0.29) is 12.5 Å². The number of amides is 1. The summed E-state index contributed by atoms with van der Waals surface area (Å²) in [5.74, 6) is 0.0456. The minimum Gasteiger partial charge on any atom is -0.399 e. The van der Waals surface area contributed by atoms with Crippen LogP contribution in [0.5, 0.6) is 0 Å². The molecule has 0 bridgehead atoms. The van der Waals surface area contributed by atoms with Gasteiger partial charge in [0.15, 0.2) is 0 Å². The molecule has 2 rings (SSSR count). The molecule has 1 saturated heterocycles. The van der Waals surface area contributed by atoms with Crippen LogP contribution in [-0.4, -0.2) is 60.1 Å². The van der Waals surface area contributed by atoms with E-state index < -0.39 is 0 Å². The van der Waals surface area contributed by atoms with Crippen LogP contribution in [0.1, 0.15) is 22.8 Å². The van der Waals surface area contributed by atoms with Gasteiger partial charge in [-0.2, -0.15) is 0 Å². The molecule has 0 aliphatic carbocycles. The maximum Gasteiger partial charge on any atom is 0.254 e. The first-order valence-corrected chi connectivity index (χ1v) is 7.16. The highest BCUT2D eigenvalue weighted by Gasteiger charge is 2.22. The normalized spacial score (nSPS) is 16.4. The van der Waals surface area contributed by atoms with Crippen molar-refractivity contribution in [3.63, 3.8) is 0 Å². The van der Waals surface area contributed by atoms with Gasteiger partial charge in [-0.3, -0.25) is 4.79 Å². The average Bonchev–Trinajstić information content (AvgIpc) is 2.47. The summed E-state index contributed by atoms with van der Waals surface area (Å²) in [5.41, 5.74) is 7.88. The van der Waals surface area contributed by atoms with Crippen molar-refractivity contribution in [1.29, 1.82) is 0 Å². The first kappa shape index (κ1) is 14.8. The molecule has 0 unspecified atom stereocenters. The van der Waals surface area contributed by atoms with Gasteiger partial charge in [0.25, 0.3) is 5.91 Å². The highest BCUT2D eigenvalue weighted by atomic mass is 16.3. The third kappa shape index (κ3) is 3.29. The molecule has 1 aromatic rings. The number of aliphatic hydroxyl groups is 1. The molecule has 0 spiro atoms. The molecule has 110 valence electrons. The predicted molar refractivity (Wildman–Crippen MR) is 79.7 cm³/mol. The van der Waals surface area contributed by atoms with Crippen molar-refractivity contribution < 1.29 is 9.90 Å². The molecular weight excluding hydrogens is 254 g/mol. The topological polar surface area (TPSA) is 69.8 Å². The molecule has 1 fully saturated rings. The van der Waals surface area contributed by atoms with Crippen LogP contribution in [0.3, 0.4) is 0 Å². The van der Waals surface area contributed by atoms with Crippen molar-refractivity contribution in [2.24, 2.45) is 0 Å². The summed E-state index contributed by atoms with van der Waals surface area (Å²) in [6.07, 6.45) is 0.459. The highest BCUT2D eigenvalue weighted by molar-refractivity contribution is 5.96. The molecule has 1 aliphatic rings. The summed E-state index contributed by atoms with van der Waals surface area (Å²) < 4.78 is 0. The Hall–Kier alpha value is -1.59. The van der Waals surface area contributed by atoms with Crippen LogP contribution in [0.4, 0.5) is 5.69 Å². The Balaban J connectivity index is 2.13. The van der Waals surface area contributed by atoms with E-state index in [0.29, 0.717) is 17.7 Å². The van der Waals surface area contributed by atoms with Gasteiger partial charge in [0.2, 0.25) is 0 Å². The van der Waals surface area contributed by atoms with Crippen LogP contribution in [-0.2, 0) is 6.42 Å². The van der Waals surface area contributed by atoms with E-state index in [1.807, 2.05) is 4.90 Å². The third-order valence-electron chi connectivity index (χ3n) is 3.85. The second-order valence-electron chi connectivity index (χ2n) is 5.12. The number of nitrogen functional groups attached to an aromatic ring is 1. The lowest BCUT2D eigenvalue weighted by Gasteiger charge is -2.34. The van der Waals surface area contributed by atoms with Crippen molar-refractivity contribution in [3.05, 3.63) is 29.3 Å². The maximum absolute atomic E-state index is 12.6. The zero-order chi connectivity index (χ0) is 14.5. The average molecular weight is 277 g/mol. The Kier molecular flexibility index (Phi) is 4.98. The summed E-state index contributed by atoms with van der Waals surface area (Å²) in [5, 5.41) is 9.12. The number of rotatable bonds is 4. The molecule has 0 aromatic heterocycles. The molecule has 1 heterocycles. The van der Waals surface area contributed by atoms with E-state index in [2.05, 4.69) is 11.8 Å². The Morgan fingerprint density at radius 1 is 1.30 bits per heavy atom. The van der Waals surface area contributed by atoms with Gasteiger partial charge in [0, 0.05) is 44.0 Å². The minimum absolute atomic E-state index is 0.0212. The fourth-order valence-corrected chi connectivity index (χ4v) is 2.59. The Bertz CT molecular complexity index is 468. The molecule has 1 amide bonds. The molecule has 0 saturated carbocycles. The van der Waals surface area contributed by atoms with Crippen LogP contribution in [0, 0.1) is 0 Å². The largest absolute Gasteiger partial charge is 0.399 e. The number of likely N-dealkylation sites (N-methyl/N-ethyl adjacent to an activating group) is 1.